The highest BCUT2D eigenvalue weighted by molar-refractivity contribution is 5.48. The first-order valence-corrected chi connectivity index (χ1v) is 6.30. The zero-order valence-electron chi connectivity index (χ0n) is 10.0. The molecule has 3 rings (SSSR count). The van der Waals surface area contributed by atoms with Gasteiger partial charge in [0.05, 0.1) is 0 Å². The topological polar surface area (TPSA) is 0 Å². The molecule has 0 heteroatoms. The molecule has 3 atom stereocenters. The SMILES string of the molecule is C[C@H]1Cc2ccc3c(c2C1)[C@H](C)[C@H](C)C3. The molecular formula is C15H20. The molecule has 0 spiro atoms. The predicted molar refractivity (Wildman–Crippen MR) is 64.3 cm³/mol. The Hall–Kier alpha value is -0.780. The molecule has 0 heterocycles. The van der Waals surface area contributed by atoms with Crippen LogP contribution in [-0.4, -0.2) is 0 Å². The van der Waals surface area contributed by atoms with Crippen LogP contribution in [-0.2, 0) is 19.3 Å². The van der Waals surface area contributed by atoms with Crippen LogP contribution in [0, 0.1) is 11.8 Å². The first-order valence-electron chi connectivity index (χ1n) is 6.30. The molecule has 0 N–H and O–H groups in total. The minimum absolute atomic E-state index is 0.792. The Bertz CT molecular complexity index is 403. The Labute approximate surface area is 92.7 Å². The molecule has 0 bridgehead atoms. The van der Waals surface area contributed by atoms with Crippen molar-refractivity contribution in [3.8, 4) is 0 Å². The summed E-state index contributed by atoms with van der Waals surface area (Å²) in [5, 5.41) is 0. The van der Waals surface area contributed by atoms with Gasteiger partial charge in [-0.15, -0.1) is 0 Å². The summed E-state index contributed by atoms with van der Waals surface area (Å²) in [5.41, 5.74) is 6.73. The van der Waals surface area contributed by atoms with E-state index >= 15 is 0 Å². The lowest BCUT2D eigenvalue weighted by molar-refractivity contribution is 0.528. The average molecular weight is 200 g/mol. The molecule has 15 heavy (non-hydrogen) atoms. The van der Waals surface area contributed by atoms with Crippen LogP contribution in [0.15, 0.2) is 12.1 Å². The van der Waals surface area contributed by atoms with E-state index in [2.05, 4.69) is 32.9 Å². The third-order valence-electron chi connectivity index (χ3n) is 4.52. The van der Waals surface area contributed by atoms with Gasteiger partial charge >= 0.3 is 0 Å². The second kappa shape index (κ2) is 3.10. The highest BCUT2D eigenvalue weighted by Gasteiger charge is 2.31. The van der Waals surface area contributed by atoms with Gasteiger partial charge < -0.3 is 0 Å². The van der Waals surface area contributed by atoms with Crippen molar-refractivity contribution in [3.05, 3.63) is 34.4 Å². The molecule has 0 aliphatic heterocycles. The lowest BCUT2D eigenvalue weighted by Gasteiger charge is -2.13. The summed E-state index contributed by atoms with van der Waals surface area (Å²) in [6.07, 6.45) is 3.94. The van der Waals surface area contributed by atoms with Crippen LogP contribution in [0.1, 0.15) is 48.9 Å². The summed E-state index contributed by atoms with van der Waals surface area (Å²) in [6.45, 7) is 7.20. The van der Waals surface area contributed by atoms with E-state index in [1.54, 1.807) is 22.3 Å². The maximum absolute atomic E-state index is 2.42. The minimum atomic E-state index is 0.792. The Morgan fingerprint density at radius 1 is 0.933 bits per heavy atom. The van der Waals surface area contributed by atoms with Crippen LogP contribution in [0.2, 0.25) is 0 Å². The fraction of sp³-hybridized carbons (Fsp3) is 0.600. The van der Waals surface area contributed by atoms with Gasteiger partial charge in [-0.2, -0.15) is 0 Å². The van der Waals surface area contributed by atoms with Crippen molar-refractivity contribution in [1.29, 1.82) is 0 Å². The van der Waals surface area contributed by atoms with E-state index in [1.807, 2.05) is 0 Å². The fourth-order valence-corrected chi connectivity index (χ4v) is 3.54. The normalized spacial score (nSPS) is 32.9. The number of fused-ring (bicyclic) bond motifs is 3. The molecule has 80 valence electrons. The van der Waals surface area contributed by atoms with Gasteiger partial charge in [-0.25, -0.2) is 0 Å². The summed E-state index contributed by atoms with van der Waals surface area (Å²) in [5.74, 6) is 2.51. The van der Waals surface area contributed by atoms with E-state index in [0.29, 0.717) is 0 Å². The van der Waals surface area contributed by atoms with Gasteiger partial charge in [-0.05, 0) is 59.3 Å². The van der Waals surface area contributed by atoms with Gasteiger partial charge in [0.15, 0.2) is 0 Å². The van der Waals surface area contributed by atoms with Crippen molar-refractivity contribution in [2.45, 2.75) is 46.0 Å². The van der Waals surface area contributed by atoms with Gasteiger partial charge in [0.2, 0.25) is 0 Å². The highest BCUT2D eigenvalue weighted by atomic mass is 14.4. The highest BCUT2D eigenvalue weighted by Crippen LogP contribution is 2.43. The number of hydrogen-bond acceptors (Lipinski definition) is 0. The molecule has 0 saturated carbocycles. The number of hydrogen-bond donors (Lipinski definition) is 0. The van der Waals surface area contributed by atoms with Gasteiger partial charge in [-0.3, -0.25) is 0 Å². The zero-order chi connectivity index (χ0) is 10.6. The fourth-order valence-electron chi connectivity index (χ4n) is 3.54. The van der Waals surface area contributed by atoms with E-state index in [9.17, 15) is 0 Å². The third kappa shape index (κ3) is 1.27. The van der Waals surface area contributed by atoms with Crippen molar-refractivity contribution >= 4 is 0 Å². The van der Waals surface area contributed by atoms with Crippen LogP contribution in [0.3, 0.4) is 0 Å². The van der Waals surface area contributed by atoms with E-state index in [4.69, 9.17) is 0 Å². The molecule has 0 unspecified atom stereocenters. The van der Waals surface area contributed by atoms with Crippen LogP contribution in [0.4, 0.5) is 0 Å². The largest absolute Gasteiger partial charge is 0.0619 e. The van der Waals surface area contributed by atoms with Crippen LogP contribution in [0.25, 0.3) is 0 Å². The summed E-state index contributed by atoms with van der Waals surface area (Å²) < 4.78 is 0. The maximum Gasteiger partial charge on any atom is -0.0156 e. The van der Waals surface area contributed by atoms with Gasteiger partial charge in [0.25, 0.3) is 0 Å². The quantitative estimate of drug-likeness (QED) is 0.599. The monoisotopic (exact) mass is 200 g/mol. The zero-order valence-corrected chi connectivity index (χ0v) is 10.0. The standard InChI is InChI=1S/C15H20/c1-9-6-12-4-5-13-8-10(2)11(3)15(13)14(12)7-9/h4-5,9-11H,6-8H2,1-3H3/t9-,10+,11+/m0/s1. The molecule has 2 aliphatic rings. The summed E-state index contributed by atoms with van der Waals surface area (Å²) >= 11 is 0. The van der Waals surface area contributed by atoms with Crippen LogP contribution >= 0.6 is 0 Å². The molecule has 2 aliphatic carbocycles. The molecule has 0 aromatic heterocycles. The van der Waals surface area contributed by atoms with Crippen LogP contribution < -0.4 is 0 Å². The lowest BCUT2D eigenvalue weighted by atomic mass is 9.91. The molecule has 0 radical (unpaired) electrons. The third-order valence-corrected chi connectivity index (χ3v) is 4.52. The molecule has 1 aromatic carbocycles. The van der Waals surface area contributed by atoms with Crippen molar-refractivity contribution in [1.82, 2.24) is 0 Å². The molecular weight excluding hydrogens is 180 g/mol. The summed E-state index contributed by atoms with van der Waals surface area (Å²) in [7, 11) is 0. The van der Waals surface area contributed by atoms with Crippen LogP contribution in [0.5, 0.6) is 0 Å². The van der Waals surface area contributed by atoms with Gasteiger partial charge in [-0.1, -0.05) is 32.9 Å². The number of benzene rings is 1. The summed E-state index contributed by atoms with van der Waals surface area (Å²) in [6, 6.07) is 4.79. The molecule has 0 nitrogen and oxygen atoms in total. The van der Waals surface area contributed by atoms with Gasteiger partial charge in [0, 0.05) is 0 Å². The Morgan fingerprint density at radius 2 is 1.67 bits per heavy atom. The second-order valence-electron chi connectivity index (χ2n) is 5.76. The average Bonchev–Trinajstić information content (AvgIpc) is 2.68. The lowest BCUT2D eigenvalue weighted by Crippen LogP contribution is -2.01. The van der Waals surface area contributed by atoms with Gasteiger partial charge in [0.1, 0.15) is 0 Å². The Kier molecular flexibility index (Phi) is 1.95. The minimum Gasteiger partial charge on any atom is -0.0619 e. The van der Waals surface area contributed by atoms with Crippen molar-refractivity contribution in [3.63, 3.8) is 0 Å². The van der Waals surface area contributed by atoms with Crippen molar-refractivity contribution < 1.29 is 0 Å². The number of rotatable bonds is 0. The maximum atomic E-state index is 2.42. The molecule has 0 saturated heterocycles. The summed E-state index contributed by atoms with van der Waals surface area (Å²) in [4.78, 5) is 0. The van der Waals surface area contributed by atoms with E-state index < -0.39 is 0 Å². The molecule has 0 amide bonds. The van der Waals surface area contributed by atoms with Crippen molar-refractivity contribution in [2.75, 3.05) is 0 Å². The smallest absolute Gasteiger partial charge is 0.0156 e. The first kappa shape index (κ1) is 9.45. The van der Waals surface area contributed by atoms with Crippen molar-refractivity contribution in [2.24, 2.45) is 11.8 Å². The molecule has 1 aromatic rings. The first-order chi connectivity index (χ1) is 7.16. The Balaban J connectivity index is 2.15. The van der Waals surface area contributed by atoms with E-state index in [1.165, 1.54) is 19.3 Å². The van der Waals surface area contributed by atoms with E-state index in [-0.39, 0.29) is 0 Å². The Morgan fingerprint density at radius 3 is 2.47 bits per heavy atom. The predicted octanol–water partition coefficient (Wildman–Crippen LogP) is 3.72. The van der Waals surface area contributed by atoms with E-state index in [0.717, 1.165) is 17.8 Å². The molecule has 0 fully saturated rings. The second-order valence-corrected chi connectivity index (χ2v) is 5.76.